The highest BCUT2D eigenvalue weighted by molar-refractivity contribution is 5.79. The summed E-state index contributed by atoms with van der Waals surface area (Å²) in [6.07, 6.45) is 10.5. The molecule has 1 N–H and O–H groups in total. The monoisotopic (exact) mass is 326 g/mol. The number of aromatic nitrogens is 4. The Morgan fingerprint density at radius 1 is 1.00 bits per heavy atom. The quantitative estimate of drug-likeness (QED) is 0.786. The van der Waals surface area contributed by atoms with Gasteiger partial charge < -0.3 is 14.5 Å². The third-order valence-electron chi connectivity index (χ3n) is 5.46. The molecule has 0 bridgehead atoms. The van der Waals surface area contributed by atoms with E-state index in [1.165, 1.54) is 16.8 Å². The number of nitrogens with zero attached hydrogens (tertiary/aromatic N) is 3. The number of hydrogen-bond acceptors (Lipinski definition) is 4. The van der Waals surface area contributed by atoms with Crippen molar-refractivity contribution >= 4 is 16.8 Å². The van der Waals surface area contributed by atoms with Gasteiger partial charge in [0.05, 0.1) is 17.4 Å². The average molecular weight is 326 g/mol. The molecule has 3 aromatic rings. The van der Waals surface area contributed by atoms with E-state index in [1.807, 2.05) is 6.20 Å². The summed E-state index contributed by atoms with van der Waals surface area (Å²) >= 11 is 0. The number of aromatic amines is 1. The highest BCUT2D eigenvalue weighted by atomic mass is 16.5. The third-order valence-corrected chi connectivity index (χ3v) is 5.46. The number of H-pyrrole nitrogens is 1. The first-order chi connectivity index (χ1) is 11.9. The van der Waals surface area contributed by atoms with E-state index in [1.54, 1.807) is 0 Å². The molecule has 0 saturated carbocycles. The van der Waals surface area contributed by atoms with Crippen molar-refractivity contribution in [3.8, 4) is 0 Å². The van der Waals surface area contributed by atoms with E-state index >= 15 is 0 Å². The number of nitrogens with one attached hydrogen (secondary N) is 1. The van der Waals surface area contributed by atoms with Gasteiger partial charge in [-0.2, -0.15) is 0 Å². The standard InChI is InChI=1S/C18H22N4O2/c1-5-23-6-2-12(1)14-9-19-18-17(14)22-11-15(21-16(22)10-20-18)13-3-7-24-8-4-13/h9-13,19H,1-8H2. The van der Waals surface area contributed by atoms with Crippen LogP contribution in [-0.2, 0) is 9.47 Å². The molecule has 0 radical (unpaired) electrons. The summed E-state index contributed by atoms with van der Waals surface area (Å²) < 4.78 is 13.2. The van der Waals surface area contributed by atoms with Gasteiger partial charge in [-0.15, -0.1) is 0 Å². The molecule has 3 aromatic heterocycles. The zero-order valence-electron chi connectivity index (χ0n) is 13.7. The third kappa shape index (κ3) is 2.32. The zero-order valence-corrected chi connectivity index (χ0v) is 13.7. The Hall–Kier alpha value is -1.92. The SMILES string of the molecule is c1[nH]c2ncc3nc(C4CCOCC4)cn3c2c1C1CCOCC1. The van der Waals surface area contributed by atoms with E-state index in [-0.39, 0.29) is 0 Å². The minimum Gasteiger partial charge on any atom is -0.381 e. The second-order valence-corrected chi connectivity index (χ2v) is 6.87. The van der Waals surface area contributed by atoms with Crippen molar-refractivity contribution in [1.82, 2.24) is 19.4 Å². The first-order valence-corrected chi connectivity index (χ1v) is 8.90. The van der Waals surface area contributed by atoms with E-state index in [0.29, 0.717) is 11.8 Å². The molecular weight excluding hydrogens is 304 g/mol. The summed E-state index contributed by atoms with van der Waals surface area (Å²) in [6.45, 7) is 3.36. The number of fused-ring (bicyclic) bond motifs is 3. The van der Waals surface area contributed by atoms with Gasteiger partial charge in [0.25, 0.3) is 0 Å². The van der Waals surface area contributed by atoms with E-state index < -0.39 is 0 Å². The first kappa shape index (κ1) is 14.4. The lowest BCUT2D eigenvalue weighted by Gasteiger charge is -2.21. The number of imidazole rings is 1. The fraction of sp³-hybridized carbons (Fsp3) is 0.556. The van der Waals surface area contributed by atoms with Crippen LogP contribution in [0.25, 0.3) is 16.8 Å². The van der Waals surface area contributed by atoms with Gasteiger partial charge in [0, 0.05) is 44.7 Å². The Morgan fingerprint density at radius 2 is 1.71 bits per heavy atom. The van der Waals surface area contributed by atoms with Crippen molar-refractivity contribution in [3.05, 3.63) is 29.8 Å². The Bertz CT molecular complexity index is 857. The number of ether oxygens (including phenoxy) is 2. The lowest BCUT2D eigenvalue weighted by molar-refractivity contribution is 0.0846. The average Bonchev–Trinajstić information content (AvgIpc) is 3.27. The molecule has 6 heteroatoms. The van der Waals surface area contributed by atoms with Gasteiger partial charge in [-0.1, -0.05) is 0 Å². The molecule has 126 valence electrons. The van der Waals surface area contributed by atoms with Gasteiger partial charge in [0.15, 0.2) is 11.3 Å². The Morgan fingerprint density at radius 3 is 2.46 bits per heavy atom. The molecule has 0 spiro atoms. The van der Waals surface area contributed by atoms with Crippen molar-refractivity contribution in [2.24, 2.45) is 0 Å². The van der Waals surface area contributed by atoms with Crippen LogP contribution in [0.5, 0.6) is 0 Å². The van der Waals surface area contributed by atoms with Crippen LogP contribution < -0.4 is 0 Å². The summed E-state index contributed by atoms with van der Waals surface area (Å²) in [5, 5.41) is 0. The molecular formula is C18H22N4O2. The van der Waals surface area contributed by atoms with Crippen LogP contribution in [-0.4, -0.2) is 45.8 Å². The molecule has 2 fully saturated rings. The van der Waals surface area contributed by atoms with Gasteiger partial charge >= 0.3 is 0 Å². The lowest BCUT2D eigenvalue weighted by Crippen LogP contribution is -2.14. The molecule has 2 saturated heterocycles. The van der Waals surface area contributed by atoms with Gasteiger partial charge in [0.2, 0.25) is 0 Å². The van der Waals surface area contributed by atoms with Gasteiger partial charge in [-0.25, -0.2) is 9.97 Å². The molecule has 0 amide bonds. The predicted octanol–water partition coefficient (Wildman–Crippen LogP) is 3.00. The summed E-state index contributed by atoms with van der Waals surface area (Å²) in [4.78, 5) is 12.8. The van der Waals surface area contributed by atoms with Gasteiger partial charge in [0.1, 0.15) is 0 Å². The highest BCUT2D eigenvalue weighted by Crippen LogP contribution is 2.33. The van der Waals surface area contributed by atoms with E-state index in [0.717, 1.165) is 63.4 Å². The Balaban J connectivity index is 1.62. The molecule has 0 aromatic carbocycles. The highest BCUT2D eigenvalue weighted by Gasteiger charge is 2.23. The van der Waals surface area contributed by atoms with Crippen LogP contribution in [0.15, 0.2) is 18.6 Å². The van der Waals surface area contributed by atoms with Crippen LogP contribution >= 0.6 is 0 Å². The number of rotatable bonds is 2. The van der Waals surface area contributed by atoms with Crippen LogP contribution in [0.4, 0.5) is 0 Å². The maximum atomic E-state index is 5.52. The molecule has 0 atom stereocenters. The fourth-order valence-electron chi connectivity index (χ4n) is 4.09. The number of hydrogen-bond donors (Lipinski definition) is 1. The maximum Gasteiger partial charge on any atom is 0.156 e. The van der Waals surface area contributed by atoms with Crippen molar-refractivity contribution < 1.29 is 9.47 Å². The van der Waals surface area contributed by atoms with E-state index in [2.05, 4.69) is 26.8 Å². The van der Waals surface area contributed by atoms with Crippen molar-refractivity contribution in [1.29, 1.82) is 0 Å². The van der Waals surface area contributed by atoms with Crippen molar-refractivity contribution in [2.45, 2.75) is 37.5 Å². The normalized spacial score (nSPS) is 21.0. The van der Waals surface area contributed by atoms with Crippen molar-refractivity contribution in [2.75, 3.05) is 26.4 Å². The van der Waals surface area contributed by atoms with E-state index in [4.69, 9.17) is 14.5 Å². The minimum absolute atomic E-state index is 0.499. The fourth-order valence-corrected chi connectivity index (χ4v) is 4.09. The predicted molar refractivity (Wildman–Crippen MR) is 90.4 cm³/mol. The lowest BCUT2D eigenvalue weighted by atomic mass is 9.93. The zero-order chi connectivity index (χ0) is 15.9. The molecule has 2 aliphatic heterocycles. The molecule has 5 heterocycles. The first-order valence-electron chi connectivity index (χ1n) is 8.90. The second-order valence-electron chi connectivity index (χ2n) is 6.87. The molecule has 0 unspecified atom stereocenters. The molecule has 2 aliphatic rings. The van der Waals surface area contributed by atoms with Gasteiger partial charge in [-0.05, 0) is 37.2 Å². The summed E-state index contributed by atoms with van der Waals surface area (Å²) in [5.41, 5.74) is 5.59. The van der Waals surface area contributed by atoms with Crippen LogP contribution in [0.2, 0.25) is 0 Å². The van der Waals surface area contributed by atoms with Crippen molar-refractivity contribution in [3.63, 3.8) is 0 Å². The summed E-state index contributed by atoms with van der Waals surface area (Å²) in [6, 6.07) is 0. The van der Waals surface area contributed by atoms with E-state index in [9.17, 15) is 0 Å². The molecule has 0 aliphatic carbocycles. The Kier molecular flexibility index (Phi) is 3.52. The largest absolute Gasteiger partial charge is 0.381 e. The minimum atomic E-state index is 0.499. The molecule has 6 nitrogen and oxygen atoms in total. The van der Waals surface area contributed by atoms with Crippen LogP contribution in [0, 0.1) is 0 Å². The summed E-state index contributed by atoms with van der Waals surface area (Å²) in [5.74, 6) is 1.04. The maximum absolute atomic E-state index is 5.52. The van der Waals surface area contributed by atoms with Gasteiger partial charge in [-0.3, -0.25) is 4.40 Å². The topological polar surface area (TPSA) is 64.4 Å². The van der Waals surface area contributed by atoms with Crippen LogP contribution in [0.3, 0.4) is 0 Å². The van der Waals surface area contributed by atoms with Crippen LogP contribution in [0.1, 0.15) is 48.8 Å². The summed E-state index contributed by atoms with van der Waals surface area (Å²) in [7, 11) is 0. The second kappa shape index (κ2) is 5.86. The Labute approximate surface area is 140 Å². The smallest absolute Gasteiger partial charge is 0.156 e. The molecule has 5 rings (SSSR count). The molecule has 24 heavy (non-hydrogen) atoms.